The quantitative estimate of drug-likeness (QED) is 0.247. The van der Waals surface area contributed by atoms with Crippen LogP contribution in [0.25, 0.3) is 10.2 Å². The van der Waals surface area contributed by atoms with Gasteiger partial charge in [-0.1, -0.05) is 0 Å². The molecule has 0 spiro atoms. The van der Waals surface area contributed by atoms with E-state index in [2.05, 4.69) is 20.6 Å². The number of carbonyl (C=O) groups is 1. The van der Waals surface area contributed by atoms with Crippen LogP contribution in [0.5, 0.6) is 0 Å². The van der Waals surface area contributed by atoms with Gasteiger partial charge in [0.1, 0.15) is 10.7 Å². The van der Waals surface area contributed by atoms with Crippen LogP contribution >= 0.6 is 23.1 Å². The molecule has 1 amide bonds. The van der Waals surface area contributed by atoms with Gasteiger partial charge in [0.2, 0.25) is 5.91 Å². The molecular formula is C21H23N5O4S2. The number of aryl methyl sites for hydroxylation is 2. The van der Waals surface area contributed by atoms with Crippen molar-refractivity contribution in [3.8, 4) is 0 Å². The summed E-state index contributed by atoms with van der Waals surface area (Å²) in [6.45, 7) is 0.932. The molecule has 9 nitrogen and oxygen atoms in total. The first kappa shape index (κ1) is 22.3. The summed E-state index contributed by atoms with van der Waals surface area (Å²) in [5.74, 6) is 1.22. The second-order valence-corrected chi connectivity index (χ2v) is 9.55. The Hall–Kier alpha value is -2.92. The van der Waals surface area contributed by atoms with Crippen LogP contribution in [-0.2, 0) is 23.4 Å². The smallest absolute Gasteiger partial charge is 0.269 e. The average Bonchev–Trinajstić information content (AvgIpc) is 3.16. The lowest BCUT2D eigenvalue weighted by Crippen LogP contribution is -2.30. The number of aromatic amines is 1. The van der Waals surface area contributed by atoms with Crippen molar-refractivity contribution in [1.29, 1.82) is 0 Å². The predicted octanol–water partition coefficient (Wildman–Crippen LogP) is 3.23. The zero-order chi connectivity index (χ0) is 22.5. The van der Waals surface area contributed by atoms with Crippen LogP contribution < -0.4 is 16.2 Å². The molecule has 0 saturated carbocycles. The van der Waals surface area contributed by atoms with Crippen LogP contribution in [-0.4, -0.2) is 39.6 Å². The Morgan fingerprint density at radius 2 is 2.00 bits per heavy atom. The van der Waals surface area contributed by atoms with Crippen molar-refractivity contribution >= 4 is 50.6 Å². The molecule has 0 unspecified atom stereocenters. The summed E-state index contributed by atoms with van der Waals surface area (Å²) in [5, 5.41) is 17.3. The molecule has 2 heterocycles. The van der Waals surface area contributed by atoms with E-state index in [9.17, 15) is 19.7 Å². The number of nitro benzene ring substituents is 1. The monoisotopic (exact) mass is 473 g/mol. The van der Waals surface area contributed by atoms with E-state index in [1.165, 1.54) is 40.8 Å². The number of aromatic nitrogens is 2. The zero-order valence-corrected chi connectivity index (χ0v) is 18.9. The van der Waals surface area contributed by atoms with E-state index in [1.807, 2.05) is 0 Å². The number of nitrogens with one attached hydrogen (secondary N) is 3. The summed E-state index contributed by atoms with van der Waals surface area (Å²) < 4.78 is 0. The van der Waals surface area contributed by atoms with Crippen molar-refractivity contribution in [2.75, 3.05) is 24.2 Å². The van der Waals surface area contributed by atoms with E-state index in [0.717, 1.165) is 35.2 Å². The molecule has 1 aliphatic carbocycles. The first-order valence-corrected chi connectivity index (χ1v) is 12.3. The van der Waals surface area contributed by atoms with Crippen LogP contribution in [0, 0.1) is 10.1 Å². The molecule has 3 aromatic rings. The molecule has 0 bridgehead atoms. The van der Waals surface area contributed by atoms with E-state index in [0.29, 0.717) is 24.7 Å². The lowest BCUT2D eigenvalue weighted by molar-refractivity contribution is -0.384. The largest absolute Gasteiger partial charge is 0.383 e. The molecule has 32 heavy (non-hydrogen) atoms. The highest BCUT2D eigenvalue weighted by Gasteiger charge is 2.19. The van der Waals surface area contributed by atoms with Crippen LogP contribution in [0.2, 0.25) is 0 Å². The highest BCUT2D eigenvalue weighted by Crippen LogP contribution is 2.33. The highest BCUT2D eigenvalue weighted by atomic mass is 32.2. The van der Waals surface area contributed by atoms with Crippen LogP contribution in [0.1, 0.15) is 29.1 Å². The molecule has 2 aromatic heterocycles. The van der Waals surface area contributed by atoms with Gasteiger partial charge in [0.15, 0.2) is 0 Å². The third-order valence-corrected chi connectivity index (χ3v) is 7.33. The van der Waals surface area contributed by atoms with E-state index >= 15 is 0 Å². The number of thiophene rings is 1. The maximum Gasteiger partial charge on any atom is 0.269 e. The topological polar surface area (TPSA) is 130 Å². The molecule has 0 fully saturated rings. The Labute approximate surface area is 192 Å². The van der Waals surface area contributed by atoms with Crippen molar-refractivity contribution in [3.05, 3.63) is 61.0 Å². The number of nitrogens with zero attached hydrogens (tertiary/aromatic N) is 2. The number of amides is 1. The molecule has 1 aromatic carbocycles. The molecule has 3 N–H and O–H groups in total. The van der Waals surface area contributed by atoms with Gasteiger partial charge in [-0.15, -0.1) is 23.1 Å². The first-order chi connectivity index (χ1) is 15.5. The fourth-order valence-electron chi connectivity index (χ4n) is 3.68. The number of rotatable bonds is 9. The Kier molecular flexibility index (Phi) is 7.05. The minimum Gasteiger partial charge on any atom is -0.383 e. The van der Waals surface area contributed by atoms with E-state index in [4.69, 9.17) is 0 Å². The van der Waals surface area contributed by atoms with Crippen LogP contribution in [0.4, 0.5) is 11.4 Å². The highest BCUT2D eigenvalue weighted by molar-refractivity contribution is 7.99. The fourth-order valence-corrected chi connectivity index (χ4v) is 5.68. The van der Waals surface area contributed by atoms with Crippen molar-refractivity contribution in [1.82, 2.24) is 15.3 Å². The number of H-pyrrole nitrogens is 1. The van der Waals surface area contributed by atoms with Crippen molar-refractivity contribution in [3.63, 3.8) is 0 Å². The molecule has 0 atom stereocenters. The first-order valence-electron chi connectivity index (χ1n) is 10.4. The second kappa shape index (κ2) is 10.1. The van der Waals surface area contributed by atoms with Gasteiger partial charge >= 0.3 is 0 Å². The van der Waals surface area contributed by atoms with Gasteiger partial charge in [0.25, 0.3) is 11.2 Å². The molecule has 1 aliphatic rings. The van der Waals surface area contributed by atoms with E-state index in [1.54, 1.807) is 23.5 Å². The van der Waals surface area contributed by atoms with Gasteiger partial charge in [0.05, 0.1) is 21.8 Å². The van der Waals surface area contributed by atoms with Crippen molar-refractivity contribution < 1.29 is 9.72 Å². The maximum atomic E-state index is 12.6. The third-order valence-electron chi connectivity index (χ3n) is 5.20. The number of carbonyl (C=O) groups excluding carboxylic acids is 1. The summed E-state index contributed by atoms with van der Waals surface area (Å²) in [5.41, 5.74) is 1.88. The van der Waals surface area contributed by atoms with Crippen molar-refractivity contribution in [2.45, 2.75) is 31.4 Å². The average molecular weight is 474 g/mol. The number of hydrogen-bond acceptors (Lipinski definition) is 8. The molecule has 168 valence electrons. The molecule has 0 radical (unpaired) electrons. The van der Waals surface area contributed by atoms with Crippen LogP contribution in [0.3, 0.4) is 0 Å². The fraction of sp³-hybridized carbons (Fsp3) is 0.381. The van der Waals surface area contributed by atoms with Gasteiger partial charge in [-0.2, -0.15) is 0 Å². The minimum absolute atomic E-state index is 0.0366. The number of nitro groups is 1. The third kappa shape index (κ3) is 5.28. The SMILES string of the molecule is O=C(CSCc1nc2sc3c(c2c(=O)[nH]1)CCCC3)NCCNc1ccc([N+](=O)[O-])cc1. The second-order valence-electron chi connectivity index (χ2n) is 7.48. The van der Waals surface area contributed by atoms with Crippen LogP contribution in [0.15, 0.2) is 29.1 Å². The minimum atomic E-state index is -0.446. The number of hydrogen-bond donors (Lipinski definition) is 3. The molecule has 11 heteroatoms. The summed E-state index contributed by atoms with van der Waals surface area (Å²) in [6, 6.07) is 6.12. The van der Waals surface area contributed by atoms with E-state index in [-0.39, 0.29) is 22.9 Å². The number of non-ortho nitro benzene ring substituents is 1. The predicted molar refractivity (Wildman–Crippen MR) is 128 cm³/mol. The maximum absolute atomic E-state index is 12.6. The normalized spacial score (nSPS) is 13.0. The summed E-state index contributed by atoms with van der Waals surface area (Å²) in [4.78, 5) is 44.4. The van der Waals surface area contributed by atoms with Gasteiger partial charge in [-0.25, -0.2) is 4.98 Å². The molecular weight excluding hydrogens is 450 g/mol. The standard InChI is InChI=1S/C21H23N5O4S2/c27-18(23-10-9-22-13-5-7-14(8-6-13)26(29)30)12-31-11-17-24-20(28)19-15-3-1-2-4-16(15)32-21(19)25-17/h5-8,22H,1-4,9-12H2,(H,23,27)(H,24,25,28). The number of benzene rings is 1. The number of fused-ring (bicyclic) bond motifs is 3. The Morgan fingerprint density at radius 1 is 1.22 bits per heavy atom. The molecule has 0 saturated heterocycles. The molecule has 4 rings (SSSR count). The van der Waals surface area contributed by atoms with Gasteiger partial charge < -0.3 is 15.6 Å². The summed E-state index contributed by atoms with van der Waals surface area (Å²) >= 11 is 3.02. The van der Waals surface area contributed by atoms with Gasteiger partial charge in [0, 0.05) is 35.8 Å². The van der Waals surface area contributed by atoms with Gasteiger partial charge in [-0.3, -0.25) is 19.7 Å². The number of anilines is 1. The molecule has 0 aliphatic heterocycles. The Balaban J connectivity index is 1.20. The summed E-state index contributed by atoms with van der Waals surface area (Å²) in [6.07, 6.45) is 4.26. The lowest BCUT2D eigenvalue weighted by Gasteiger charge is -2.09. The summed E-state index contributed by atoms with van der Waals surface area (Å²) in [7, 11) is 0. The lowest BCUT2D eigenvalue weighted by atomic mass is 9.97. The van der Waals surface area contributed by atoms with E-state index < -0.39 is 4.92 Å². The Morgan fingerprint density at radius 3 is 2.78 bits per heavy atom. The Bertz CT molecular complexity index is 1190. The van der Waals surface area contributed by atoms with Gasteiger partial charge in [-0.05, 0) is 43.4 Å². The number of thioether (sulfide) groups is 1. The van der Waals surface area contributed by atoms with Crippen molar-refractivity contribution in [2.24, 2.45) is 0 Å². The zero-order valence-electron chi connectivity index (χ0n) is 17.3.